The predicted octanol–water partition coefficient (Wildman–Crippen LogP) is 6.51. The lowest BCUT2D eigenvalue weighted by atomic mass is 10.1. The Hall–Kier alpha value is -3.68. The van der Waals surface area contributed by atoms with E-state index in [4.69, 9.17) is 14.2 Å². The molecule has 8 heteroatoms. The fourth-order valence-electron chi connectivity index (χ4n) is 4.10. The Labute approximate surface area is 202 Å². The molecule has 0 aliphatic carbocycles. The molecule has 5 nitrogen and oxygen atoms in total. The zero-order chi connectivity index (χ0) is 25.2. The smallest absolute Gasteiger partial charge is 0.416 e. The molecule has 3 aromatic carbocycles. The molecule has 1 aromatic heterocycles. The van der Waals surface area contributed by atoms with E-state index in [9.17, 15) is 13.2 Å². The maximum atomic E-state index is 13.3. The van der Waals surface area contributed by atoms with Crippen molar-refractivity contribution in [2.45, 2.75) is 39.6 Å². The summed E-state index contributed by atoms with van der Waals surface area (Å²) in [6, 6.07) is 15.2. The second kappa shape index (κ2) is 9.90. The Morgan fingerprint density at radius 1 is 0.857 bits per heavy atom. The number of rotatable bonds is 8. The first kappa shape index (κ1) is 24.4. The van der Waals surface area contributed by atoms with Gasteiger partial charge in [0.05, 0.1) is 30.8 Å². The van der Waals surface area contributed by atoms with Crippen LogP contribution in [0.3, 0.4) is 0 Å². The van der Waals surface area contributed by atoms with Gasteiger partial charge >= 0.3 is 6.18 Å². The first-order valence-electron chi connectivity index (χ1n) is 11.2. The Morgan fingerprint density at radius 3 is 2.29 bits per heavy atom. The van der Waals surface area contributed by atoms with Gasteiger partial charge < -0.3 is 18.8 Å². The van der Waals surface area contributed by atoms with Crippen molar-refractivity contribution < 1.29 is 27.4 Å². The highest BCUT2D eigenvalue weighted by atomic mass is 19.4. The largest absolute Gasteiger partial charge is 0.493 e. The molecule has 0 amide bonds. The molecule has 0 unspecified atom stereocenters. The van der Waals surface area contributed by atoms with Crippen molar-refractivity contribution in [3.05, 3.63) is 82.7 Å². The summed E-state index contributed by atoms with van der Waals surface area (Å²) in [6.07, 6.45) is -3.82. The van der Waals surface area contributed by atoms with E-state index in [-0.39, 0.29) is 12.1 Å². The average molecular weight is 485 g/mol. The highest BCUT2D eigenvalue weighted by molar-refractivity contribution is 5.77. The third-order valence-corrected chi connectivity index (χ3v) is 5.91. The Morgan fingerprint density at radius 2 is 1.60 bits per heavy atom. The van der Waals surface area contributed by atoms with E-state index in [1.807, 2.05) is 54.8 Å². The molecule has 0 aliphatic rings. The van der Waals surface area contributed by atoms with Crippen LogP contribution < -0.4 is 14.2 Å². The molecule has 0 spiro atoms. The minimum Gasteiger partial charge on any atom is -0.493 e. The van der Waals surface area contributed by atoms with E-state index < -0.39 is 11.7 Å². The van der Waals surface area contributed by atoms with E-state index in [1.54, 1.807) is 14.2 Å². The molecule has 0 fully saturated rings. The number of fused-ring (bicyclic) bond motifs is 1. The van der Waals surface area contributed by atoms with E-state index in [0.717, 1.165) is 28.8 Å². The van der Waals surface area contributed by atoms with Crippen molar-refractivity contribution in [3.63, 3.8) is 0 Å². The number of aromatic nitrogens is 2. The summed E-state index contributed by atoms with van der Waals surface area (Å²) in [5.41, 5.74) is 3.28. The topological polar surface area (TPSA) is 45.5 Å². The number of methoxy groups -OCH3 is 2. The summed E-state index contributed by atoms with van der Waals surface area (Å²) < 4.78 is 58.5. The lowest BCUT2D eigenvalue weighted by Gasteiger charge is -2.13. The SMILES string of the molecule is COc1ccc(CCn2c(COc3ccc(C)cc3C)nc3cc(C(F)(F)F)ccc32)cc1OC. The standard InChI is InChI=1S/C27H27F3N2O3/c1-17-5-9-23(18(2)13-17)35-16-26-31-21-15-20(27(28,29)30)7-8-22(21)32(26)12-11-19-6-10-24(33-3)25(14-19)34-4/h5-10,13-15H,11-12,16H2,1-4H3. The second-order valence-corrected chi connectivity index (χ2v) is 8.38. The van der Waals surface area contributed by atoms with Crippen molar-refractivity contribution in [1.29, 1.82) is 0 Å². The van der Waals surface area contributed by atoms with Crippen molar-refractivity contribution in [2.75, 3.05) is 14.2 Å². The zero-order valence-electron chi connectivity index (χ0n) is 20.1. The highest BCUT2D eigenvalue weighted by Crippen LogP contribution is 2.32. The van der Waals surface area contributed by atoms with Crippen LogP contribution in [0, 0.1) is 13.8 Å². The van der Waals surface area contributed by atoms with E-state index in [2.05, 4.69) is 4.98 Å². The fourth-order valence-corrected chi connectivity index (χ4v) is 4.10. The summed E-state index contributed by atoms with van der Waals surface area (Å²) >= 11 is 0. The summed E-state index contributed by atoms with van der Waals surface area (Å²) in [7, 11) is 3.15. The van der Waals surface area contributed by atoms with Crippen LogP contribution in [0.5, 0.6) is 17.2 Å². The minimum absolute atomic E-state index is 0.131. The average Bonchev–Trinajstić information content (AvgIpc) is 3.18. The normalized spacial score (nSPS) is 11.6. The molecule has 4 aromatic rings. The maximum Gasteiger partial charge on any atom is 0.416 e. The molecule has 0 N–H and O–H groups in total. The number of hydrogen-bond donors (Lipinski definition) is 0. The minimum atomic E-state index is -4.44. The molecule has 0 saturated carbocycles. The third-order valence-electron chi connectivity index (χ3n) is 5.91. The van der Waals surface area contributed by atoms with Gasteiger partial charge in [0, 0.05) is 6.54 Å². The molecule has 1 heterocycles. The maximum absolute atomic E-state index is 13.3. The van der Waals surface area contributed by atoms with Crippen LogP contribution in [-0.4, -0.2) is 23.8 Å². The molecule has 4 rings (SSSR count). The van der Waals surface area contributed by atoms with Gasteiger partial charge in [-0.1, -0.05) is 23.8 Å². The zero-order valence-corrected chi connectivity index (χ0v) is 20.1. The summed E-state index contributed by atoms with van der Waals surface area (Å²) in [5.74, 6) is 2.52. The van der Waals surface area contributed by atoms with Crippen LogP contribution >= 0.6 is 0 Å². The number of halogens is 3. The fraction of sp³-hybridized carbons (Fsp3) is 0.296. The molecule has 184 valence electrons. The molecule has 0 bridgehead atoms. The Balaban J connectivity index is 1.66. The predicted molar refractivity (Wildman–Crippen MR) is 128 cm³/mol. The van der Waals surface area contributed by atoms with E-state index in [0.29, 0.717) is 41.6 Å². The second-order valence-electron chi connectivity index (χ2n) is 8.38. The molecule has 0 radical (unpaired) electrons. The first-order valence-corrected chi connectivity index (χ1v) is 11.2. The number of benzene rings is 3. The molecule has 35 heavy (non-hydrogen) atoms. The van der Waals surface area contributed by atoms with Crippen LogP contribution in [0.1, 0.15) is 28.1 Å². The van der Waals surface area contributed by atoms with Crippen LogP contribution in [0.2, 0.25) is 0 Å². The quantitative estimate of drug-likeness (QED) is 0.286. The summed E-state index contributed by atoms with van der Waals surface area (Å²) in [5, 5.41) is 0. The van der Waals surface area contributed by atoms with Crippen LogP contribution in [0.25, 0.3) is 11.0 Å². The van der Waals surface area contributed by atoms with Gasteiger partial charge in [-0.05, 0) is 67.8 Å². The van der Waals surface area contributed by atoms with Gasteiger partial charge in [-0.2, -0.15) is 13.2 Å². The van der Waals surface area contributed by atoms with Gasteiger partial charge in [0.2, 0.25) is 0 Å². The summed E-state index contributed by atoms with van der Waals surface area (Å²) in [6.45, 7) is 4.59. The van der Waals surface area contributed by atoms with E-state index in [1.165, 1.54) is 6.07 Å². The first-order chi connectivity index (χ1) is 16.7. The number of alkyl halides is 3. The molecular formula is C27H27F3N2O3. The number of hydrogen-bond acceptors (Lipinski definition) is 4. The van der Waals surface area contributed by atoms with Gasteiger partial charge in [0.25, 0.3) is 0 Å². The van der Waals surface area contributed by atoms with Crippen molar-refractivity contribution in [1.82, 2.24) is 9.55 Å². The molecule has 0 atom stereocenters. The Kier molecular flexibility index (Phi) is 6.91. The molecular weight excluding hydrogens is 457 g/mol. The lowest BCUT2D eigenvalue weighted by molar-refractivity contribution is -0.137. The van der Waals surface area contributed by atoms with Crippen LogP contribution in [-0.2, 0) is 25.7 Å². The van der Waals surface area contributed by atoms with Crippen molar-refractivity contribution in [2.24, 2.45) is 0 Å². The van der Waals surface area contributed by atoms with Gasteiger partial charge in [-0.3, -0.25) is 0 Å². The van der Waals surface area contributed by atoms with E-state index >= 15 is 0 Å². The monoisotopic (exact) mass is 484 g/mol. The van der Waals surface area contributed by atoms with Gasteiger partial charge in [0.1, 0.15) is 18.2 Å². The molecule has 0 aliphatic heterocycles. The third kappa shape index (κ3) is 5.37. The molecule has 0 saturated heterocycles. The van der Waals surface area contributed by atoms with Gasteiger partial charge in [0.15, 0.2) is 11.5 Å². The number of nitrogens with zero attached hydrogens (tertiary/aromatic N) is 2. The van der Waals surface area contributed by atoms with Crippen molar-refractivity contribution in [3.8, 4) is 17.2 Å². The highest BCUT2D eigenvalue weighted by Gasteiger charge is 2.31. The van der Waals surface area contributed by atoms with Crippen molar-refractivity contribution >= 4 is 11.0 Å². The van der Waals surface area contributed by atoms with Crippen LogP contribution in [0.15, 0.2) is 54.6 Å². The number of imidazole rings is 1. The lowest BCUT2D eigenvalue weighted by Crippen LogP contribution is -2.10. The number of aryl methyl sites for hydroxylation is 4. The number of ether oxygens (including phenoxy) is 3. The van der Waals surface area contributed by atoms with Crippen LogP contribution in [0.4, 0.5) is 13.2 Å². The summed E-state index contributed by atoms with van der Waals surface area (Å²) in [4.78, 5) is 4.52. The van der Waals surface area contributed by atoms with Gasteiger partial charge in [-0.15, -0.1) is 0 Å². The Bertz CT molecular complexity index is 1350. The van der Waals surface area contributed by atoms with Gasteiger partial charge in [-0.25, -0.2) is 4.98 Å².